The van der Waals surface area contributed by atoms with Crippen LogP contribution in [0.5, 0.6) is 6.01 Å². The van der Waals surface area contributed by atoms with E-state index in [9.17, 15) is 8.78 Å². The van der Waals surface area contributed by atoms with Crippen LogP contribution in [0.1, 0.15) is 0 Å². The third kappa shape index (κ3) is 7.78. The van der Waals surface area contributed by atoms with Crippen LogP contribution >= 0.6 is 23.2 Å². The van der Waals surface area contributed by atoms with E-state index >= 15 is 0 Å². The summed E-state index contributed by atoms with van der Waals surface area (Å²) in [7, 11) is 0. The van der Waals surface area contributed by atoms with Gasteiger partial charge in [0.05, 0.1) is 60.9 Å². The molecule has 2 aromatic carbocycles. The van der Waals surface area contributed by atoms with Crippen molar-refractivity contribution < 1.29 is 27.7 Å². The Morgan fingerprint density at radius 2 is 1.50 bits per heavy atom. The van der Waals surface area contributed by atoms with Crippen LogP contribution in [0, 0.1) is 5.82 Å². The minimum absolute atomic E-state index is 0.0705. The summed E-state index contributed by atoms with van der Waals surface area (Å²) in [5.41, 5.74) is 7.03. The number of aromatic nitrogens is 2. The smallest absolute Gasteiger partial charge is 0.319 e. The second-order valence-electron chi connectivity index (χ2n) is 6.88. The number of nitrogens with zero attached hydrogens (tertiary/aromatic N) is 2. The Morgan fingerprint density at radius 1 is 0.853 bits per heavy atom. The summed E-state index contributed by atoms with van der Waals surface area (Å²) in [5, 5.41) is 3.77. The van der Waals surface area contributed by atoms with E-state index in [2.05, 4.69) is 15.3 Å². The second kappa shape index (κ2) is 13.4. The molecule has 0 atom stereocenters. The van der Waals surface area contributed by atoms with E-state index in [1.54, 1.807) is 18.2 Å². The molecule has 0 aliphatic rings. The summed E-state index contributed by atoms with van der Waals surface area (Å²) in [6, 6.07) is 7.62. The lowest BCUT2D eigenvalue weighted by Crippen LogP contribution is -2.14. The summed E-state index contributed by atoms with van der Waals surface area (Å²) >= 11 is 11.9. The van der Waals surface area contributed by atoms with E-state index in [0.29, 0.717) is 43.0 Å². The van der Waals surface area contributed by atoms with Gasteiger partial charge in [-0.1, -0.05) is 23.2 Å². The topological polar surface area (TPSA) is 101 Å². The summed E-state index contributed by atoms with van der Waals surface area (Å²) < 4.78 is 47.6. The van der Waals surface area contributed by atoms with Crippen molar-refractivity contribution in [2.24, 2.45) is 0 Å². The average Bonchev–Trinajstić information content (AvgIpc) is 2.81. The molecule has 1 aromatic heterocycles. The highest BCUT2D eigenvalue weighted by Crippen LogP contribution is 2.32. The van der Waals surface area contributed by atoms with Gasteiger partial charge in [0.25, 0.3) is 0 Å². The predicted molar refractivity (Wildman–Crippen MR) is 128 cm³/mol. The van der Waals surface area contributed by atoms with Crippen molar-refractivity contribution in [1.29, 1.82) is 0 Å². The zero-order valence-electron chi connectivity index (χ0n) is 18.2. The van der Waals surface area contributed by atoms with Crippen LogP contribution in [-0.4, -0.2) is 62.9 Å². The maximum atomic E-state index is 14.4. The number of ether oxygens (including phenoxy) is 4. The van der Waals surface area contributed by atoms with Gasteiger partial charge in [0.2, 0.25) is 0 Å². The molecule has 8 nitrogen and oxygen atoms in total. The van der Waals surface area contributed by atoms with Crippen molar-refractivity contribution in [3.8, 4) is 6.01 Å². The molecule has 0 fully saturated rings. The second-order valence-corrected chi connectivity index (χ2v) is 7.69. The number of nitrogens with one attached hydrogen (secondary N) is 1. The molecule has 0 saturated heterocycles. The minimum atomic E-state index is -0.600. The first-order chi connectivity index (χ1) is 16.5. The molecule has 0 aliphatic carbocycles. The number of nitrogen functional groups attached to an aromatic ring is 1. The Bertz CT molecular complexity index is 1090. The highest BCUT2D eigenvalue weighted by atomic mass is 35.5. The fourth-order valence-corrected chi connectivity index (χ4v) is 3.13. The molecule has 0 saturated carbocycles. The van der Waals surface area contributed by atoms with Crippen molar-refractivity contribution in [2.75, 3.05) is 64.0 Å². The van der Waals surface area contributed by atoms with Crippen LogP contribution in [0.4, 0.5) is 26.0 Å². The quantitative estimate of drug-likeness (QED) is 0.179. The van der Waals surface area contributed by atoms with Gasteiger partial charge in [0.1, 0.15) is 24.9 Å². The lowest BCUT2D eigenvalue weighted by molar-refractivity contribution is 0.00706. The molecule has 3 aromatic rings. The van der Waals surface area contributed by atoms with Crippen LogP contribution in [0.25, 0.3) is 10.9 Å². The van der Waals surface area contributed by atoms with Gasteiger partial charge in [0.15, 0.2) is 0 Å². The molecule has 0 bridgehead atoms. The lowest BCUT2D eigenvalue weighted by Gasteiger charge is -2.13. The monoisotopic (exact) mass is 516 g/mol. The van der Waals surface area contributed by atoms with Crippen molar-refractivity contribution >= 4 is 51.3 Å². The van der Waals surface area contributed by atoms with Crippen LogP contribution in [0.2, 0.25) is 10.0 Å². The number of benzene rings is 2. The Hall–Kier alpha value is -2.50. The molecule has 34 heavy (non-hydrogen) atoms. The van der Waals surface area contributed by atoms with Crippen LogP contribution in [0.3, 0.4) is 0 Å². The fourth-order valence-electron chi connectivity index (χ4n) is 2.82. The summed E-state index contributed by atoms with van der Waals surface area (Å²) in [6.45, 7) is 1.44. The number of alkyl halides is 1. The SMILES string of the molecule is Nc1ccc2nc(OCCOCCOCCOCCF)nc(Nc3cc(Cl)c(Cl)cc3F)c2c1. The predicted octanol–water partition coefficient (Wildman–Crippen LogP) is 4.80. The van der Waals surface area contributed by atoms with Crippen LogP contribution in [-0.2, 0) is 14.2 Å². The first-order valence-corrected chi connectivity index (χ1v) is 11.1. The molecule has 0 radical (unpaired) electrons. The van der Waals surface area contributed by atoms with E-state index < -0.39 is 12.5 Å². The largest absolute Gasteiger partial charge is 0.461 e. The molecule has 0 amide bonds. The van der Waals surface area contributed by atoms with Crippen molar-refractivity contribution in [3.63, 3.8) is 0 Å². The van der Waals surface area contributed by atoms with E-state index in [1.807, 2.05) is 0 Å². The highest BCUT2D eigenvalue weighted by molar-refractivity contribution is 6.42. The number of rotatable bonds is 14. The van der Waals surface area contributed by atoms with Gasteiger partial charge in [0, 0.05) is 11.1 Å². The first kappa shape index (κ1) is 26.1. The zero-order chi connectivity index (χ0) is 24.3. The Balaban J connectivity index is 1.58. The molecular weight excluding hydrogens is 493 g/mol. The molecule has 12 heteroatoms. The first-order valence-electron chi connectivity index (χ1n) is 10.4. The molecule has 184 valence electrons. The van der Waals surface area contributed by atoms with E-state index in [-0.39, 0.29) is 47.4 Å². The Kier molecular flexibility index (Phi) is 10.3. The number of hydrogen-bond donors (Lipinski definition) is 2. The molecule has 0 aliphatic heterocycles. The summed E-state index contributed by atoms with van der Waals surface area (Å²) in [6.07, 6.45) is 0. The standard InChI is InChI=1S/C22H24Cl2F2N4O4/c23-16-12-18(26)20(13-17(16)24)28-21-15-11-14(27)1-2-19(15)29-22(30-21)34-10-9-33-8-7-32-6-5-31-4-3-25/h1-2,11-13H,3-10,27H2,(H,28,29,30). The van der Waals surface area contributed by atoms with Gasteiger partial charge in [-0.05, 0) is 30.3 Å². The molecule has 3 rings (SSSR count). The number of fused-ring (bicyclic) bond motifs is 1. The number of anilines is 3. The number of halogens is 4. The van der Waals surface area contributed by atoms with Crippen LogP contribution < -0.4 is 15.8 Å². The Morgan fingerprint density at radius 3 is 2.21 bits per heavy atom. The third-order valence-corrected chi connectivity index (χ3v) is 5.11. The van der Waals surface area contributed by atoms with Crippen molar-refractivity contribution in [1.82, 2.24) is 9.97 Å². The number of nitrogens with two attached hydrogens (primary N) is 1. The van der Waals surface area contributed by atoms with E-state index in [0.717, 1.165) is 6.07 Å². The maximum Gasteiger partial charge on any atom is 0.319 e. The van der Waals surface area contributed by atoms with Gasteiger partial charge in [-0.15, -0.1) is 0 Å². The minimum Gasteiger partial charge on any atom is -0.461 e. The van der Waals surface area contributed by atoms with Gasteiger partial charge < -0.3 is 30.0 Å². The van der Waals surface area contributed by atoms with Gasteiger partial charge in [-0.2, -0.15) is 9.97 Å². The maximum absolute atomic E-state index is 14.4. The van der Waals surface area contributed by atoms with Gasteiger partial charge in [-0.3, -0.25) is 0 Å². The molecular formula is C22H24Cl2F2N4O4. The Labute approximate surface area is 205 Å². The van der Waals surface area contributed by atoms with Gasteiger partial charge >= 0.3 is 6.01 Å². The van der Waals surface area contributed by atoms with E-state index in [1.165, 1.54) is 6.07 Å². The molecule has 3 N–H and O–H groups in total. The summed E-state index contributed by atoms with van der Waals surface area (Å²) in [4.78, 5) is 8.71. The molecule has 1 heterocycles. The zero-order valence-corrected chi connectivity index (χ0v) is 19.7. The highest BCUT2D eigenvalue weighted by Gasteiger charge is 2.13. The number of hydrogen-bond acceptors (Lipinski definition) is 8. The fraction of sp³-hybridized carbons (Fsp3) is 0.364. The molecule has 0 unspecified atom stereocenters. The van der Waals surface area contributed by atoms with Gasteiger partial charge in [-0.25, -0.2) is 8.78 Å². The lowest BCUT2D eigenvalue weighted by atomic mass is 10.2. The summed E-state index contributed by atoms with van der Waals surface area (Å²) in [5.74, 6) is -0.314. The molecule has 0 spiro atoms. The third-order valence-electron chi connectivity index (χ3n) is 4.39. The van der Waals surface area contributed by atoms with Crippen molar-refractivity contribution in [2.45, 2.75) is 0 Å². The van der Waals surface area contributed by atoms with Crippen molar-refractivity contribution in [3.05, 3.63) is 46.2 Å². The van der Waals surface area contributed by atoms with E-state index in [4.69, 9.17) is 47.9 Å². The normalized spacial score (nSPS) is 11.2. The average molecular weight is 517 g/mol. The van der Waals surface area contributed by atoms with Crippen LogP contribution in [0.15, 0.2) is 30.3 Å².